The summed E-state index contributed by atoms with van der Waals surface area (Å²) < 4.78 is 0. The Morgan fingerprint density at radius 1 is 1.10 bits per heavy atom. The summed E-state index contributed by atoms with van der Waals surface area (Å²) in [5.41, 5.74) is 2.79. The third-order valence-corrected chi connectivity index (χ3v) is 6.77. The summed E-state index contributed by atoms with van der Waals surface area (Å²) >= 11 is 0. The van der Waals surface area contributed by atoms with Crippen LogP contribution in [0, 0.1) is 0 Å². The number of anilines is 1. The minimum absolute atomic E-state index is 0.125. The number of fused-ring (bicyclic) bond motifs is 5. The predicted molar refractivity (Wildman–Crippen MR) is 116 cm³/mol. The molecule has 31 heavy (non-hydrogen) atoms. The van der Waals surface area contributed by atoms with E-state index in [0.29, 0.717) is 24.2 Å². The van der Waals surface area contributed by atoms with Gasteiger partial charge in [-0.2, -0.15) is 0 Å². The minimum Gasteiger partial charge on any atom is -0.356 e. The van der Waals surface area contributed by atoms with E-state index in [4.69, 9.17) is 0 Å². The van der Waals surface area contributed by atoms with Crippen LogP contribution in [0.15, 0.2) is 48.5 Å². The molecule has 2 aliphatic heterocycles. The molecule has 1 saturated heterocycles. The molecule has 3 aromatic rings. The Hall–Kier alpha value is -3.61. The third-order valence-electron chi connectivity index (χ3n) is 6.77. The molecule has 1 aliphatic carbocycles. The molecule has 2 fully saturated rings. The Balaban J connectivity index is 1.37. The number of hydrogen-bond acceptors (Lipinski definition) is 3. The van der Waals surface area contributed by atoms with E-state index in [1.54, 1.807) is 29.2 Å². The van der Waals surface area contributed by atoms with Gasteiger partial charge in [0.1, 0.15) is 0 Å². The summed E-state index contributed by atoms with van der Waals surface area (Å²) in [7, 11) is 0. The van der Waals surface area contributed by atoms with Crippen LogP contribution in [0.5, 0.6) is 0 Å². The molecule has 1 saturated carbocycles. The number of urea groups is 1. The molecular weight excluding hydrogens is 392 g/mol. The van der Waals surface area contributed by atoms with Gasteiger partial charge in [-0.15, -0.1) is 0 Å². The van der Waals surface area contributed by atoms with Crippen molar-refractivity contribution < 1.29 is 14.4 Å². The van der Waals surface area contributed by atoms with Gasteiger partial charge in [-0.05, 0) is 62.1 Å². The number of carbonyl (C=O) groups excluding carboxylic acids is 3. The van der Waals surface area contributed by atoms with Crippen LogP contribution < -0.4 is 10.2 Å². The molecule has 1 atom stereocenters. The normalized spacial score (nSPS) is 22.6. The molecule has 3 heterocycles. The summed E-state index contributed by atoms with van der Waals surface area (Å²) in [6, 6.07) is 14.6. The number of para-hydroxylation sites is 1. The topological polar surface area (TPSA) is 85.5 Å². The lowest BCUT2D eigenvalue weighted by atomic mass is 9.87. The highest BCUT2D eigenvalue weighted by Gasteiger charge is 2.59. The minimum atomic E-state index is -1.08. The van der Waals surface area contributed by atoms with Gasteiger partial charge >= 0.3 is 6.03 Å². The average molecular weight is 414 g/mol. The quantitative estimate of drug-likeness (QED) is 0.645. The fraction of sp³-hybridized carbons (Fsp3) is 0.292. The molecule has 6 rings (SSSR count). The number of imide groups is 1. The summed E-state index contributed by atoms with van der Waals surface area (Å²) in [5.74, 6) is -0.402. The van der Waals surface area contributed by atoms with Gasteiger partial charge in [0.2, 0.25) is 0 Å². The molecule has 7 heteroatoms. The monoisotopic (exact) mass is 414 g/mol. The van der Waals surface area contributed by atoms with E-state index in [0.717, 1.165) is 35.0 Å². The maximum atomic E-state index is 13.6. The van der Waals surface area contributed by atoms with Gasteiger partial charge in [0.05, 0.1) is 11.4 Å². The fourth-order valence-electron chi connectivity index (χ4n) is 4.88. The van der Waals surface area contributed by atoms with Crippen LogP contribution in [0.25, 0.3) is 10.9 Å². The molecule has 1 unspecified atom stereocenters. The third kappa shape index (κ3) is 2.49. The number of aromatic nitrogens is 1. The van der Waals surface area contributed by atoms with Crippen molar-refractivity contribution in [1.29, 1.82) is 0 Å². The highest BCUT2D eigenvalue weighted by Crippen LogP contribution is 2.45. The lowest BCUT2D eigenvalue weighted by Crippen LogP contribution is -2.49. The lowest BCUT2D eigenvalue weighted by molar-refractivity contribution is -0.125. The summed E-state index contributed by atoms with van der Waals surface area (Å²) in [4.78, 5) is 45.5. The van der Waals surface area contributed by atoms with E-state index in [1.807, 2.05) is 31.2 Å². The van der Waals surface area contributed by atoms with Crippen LogP contribution in [-0.2, 0) is 16.8 Å². The Morgan fingerprint density at radius 2 is 1.84 bits per heavy atom. The van der Waals surface area contributed by atoms with Gasteiger partial charge in [-0.3, -0.25) is 9.59 Å². The van der Waals surface area contributed by atoms with Crippen molar-refractivity contribution in [3.8, 4) is 0 Å². The SMILES string of the molecule is CC12C(=O)N(c3ccc(C(=O)NC4CC4)cc3)C(=O)N1CCc1c2[nH]c2ccccc12. The zero-order valence-electron chi connectivity index (χ0n) is 17.1. The Bertz CT molecular complexity index is 1260. The smallest absolute Gasteiger partial charge is 0.332 e. The number of nitrogens with zero attached hydrogens (tertiary/aromatic N) is 2. The highest BCUT2D eigenvalue weighted by molar-refractivity contribution is 6.23. The Morgan fingerprint density at radius 3 is 2.58 bits per heavy atom. The van der Waals surface area contributed by atoms with Crippen molar-refractivity contribution in [1.82, 2.24) is 15.2 Å². The Labute approximate surface area is 179 Å². The maximum absolute atomic E-state index is 13.6. The van der Waals surface area contributed by atoms with E-state index in [2.05, 4.69) is 10.3 Å². The number of amides is 4. The van der Waals surface area contributed by atoms with Crippen molar-refractivity contribution in [3.63, 3.8) is 0 Å². The van der Waals surface area contributed by atoms with Crippen molar-refractivity contribution in [2.24, 2.45) is 0 Å². The molecule has 0 bridgehead atoms. The van der Waals surface area contributed by atoms with Crippen LogP contribution in [0.4, 0.5) is 10.5 Å². The standard InChI is InChI=1S/C24H22N4O3/c1-24-20-18(17-4-2-3-5-19(17)26-20)12-13-27(24)23(31)28(22(24)30)16-10-6-14(7-11-16)21(29)25-15-8-9-15/h2-7,10-11,15,26H,8-9,12-13H2,1H3,(H,25,29). The number of nitrogens with one attached hydrogen (secondary N) is 2. The van der Waals surface area contributed by atoms with Crippen molar-refractivity contribution in [2.45, 2.75) is 37.8 Å². The number of benzene rings is 2. The number of rotatable bonds is 3. The van der Waals surface area contributed by atoms with E-state index < -0.39 is 5.54 Å². The van der Waals surface area contributed by atoms with E-state index >= 15 is 0 Å². The molecule has 156 valence electrons. The molecule has 1 aromatic heterocycles. The van der Waals surface area contributed by atoms with E-state index in [9.17, 15) is 14.4 Å². The van der Waals surface area contributed by atoms with Crippen LogP contribution in [0.3, 0.4) is 0 Å². The van der Waals surface area contributed by atoms with Crippen molar-refractivity contribution in [3.05, 3.63) is 65.4 Å². The van der Waals surface area contributed by atoms with Crippen LogP contribution in [0.2, 0.25) is 0 Å². The van der Waals surface area contributed by atoms with E-state index in [1.165, 1.54) is 4.90 Å². The average Bonchev–Trinajstić information content (AvgIpc) is 3.47. The van der Waals surface area contributed by atoms with Crippen molar-refractivity contribution >= 4 is 34.4 Å². The second kappa shape index (κ2) is 6.20. The number of hydrogen-bond donors (Lipinski definition) is 2. The number of H-pyrrole nitrogens is 1. The highest BCUT2D eigenvalue weighted by atomic mass is 16.2. The molecule has 4 amide bonds. The summed E-state index contributed by atoms with van der Waals surface area (Å²) in [6.07, 6.45) is 2.73. The molecule has 2 aromatic carbocycles. The van der Waals surface area contributed by atoms with Gasteiger partial charge in [-0.25, -0.2) is 9.69 Å². The van der Waals surface area contributed by atoms with Gasteiger partial charge in [0, 0.05) is 29.1 Å². The first-order valence-corrected chi connectivity index (χ1v) is 10.7. The van der Waals surface area contributed by atoms with Gasteiger partial charge in [0.15, 0.2) is 5.54 Å². The van der Waals surface area contributed by atoms with Gasteiger partial charge in [-0.1, -0.05) is 18.2 Å². The fourth-order valence-corrected chi connectivity index (χ4v) is 4.88. The zero-order chi connectivity index (χ0) is 21.3. The van der Waals surface area contributed by atoms with Crippen molar-refractivity contribution in [2.75, 3.05) is 11.4 Å². The number of carbonyl (C=O) groups is 3. The first kappa shape index (κ1) is 18.2. The molecule has 0 radical (unpaired) electrons. The Kier molecular flexibility index (Phi) is 3.64. The van der Waals surface area contributed by atoms with Crippen LogP contribution >= 0.6 is 0 Å². The lowest BCUT2D eigenvalue weighted by Gasteiger charge is -2.35. The largest absolute Gasteiger partial charge is 0.356 e. The molecule has 2 N–H and O–H groups in total. The van der Waals surface area contributed by atoms with Crippen LogP contribution in [-0.4, -0.2) is 40.3 Å². The van der Waals surface area contributed by atoms with Gasteiger partial charge in [0.25, 0.3) is 11.8 Å². The van der Waals surface area contributed by atoms with E-state index in [-0.39, 0.29) is 23.9 Å². The molecular formula is C24H22N4O3. The summed E-state index contributed by atoms with van der Waals surface area (Å²) in [5, 5.41) is 4.05. The second-order valence-corrected chi connectivity index (χ2v) is 8.72. The maximum Gasteiger partial charge on any atom is 0.332 e. The van der Waals surface area contributed by atoms with Crippen LogP contribution in [0.1, 0.15) is 41.4 Å². The predicted octanol–water partition coefficient (Wildman–Crippen LogP) is 3.30. The molecule has 7 nitrogen and oxygen atoms in total. The first-order chi connectivity index (χ1) is 15.0. The molecule has 0 spiro atoms. The second-order valence-electron chi connectivity index (χ2n) is 8.72. The first-order valence-electron chi connectivity index (χ1n) is 10.7. The summed E-state index contributed by atoms with van der Waals surface area (Å²) in [6.45, 7) is 2.30. The zero-order valence-corrected chi connectivity index (χ0v) is 17.1. The number of aromatic amines is 1. The van der Waals surface area contributed by atoms with Gasteiger partial charge < -0.3 is 15.2 Å². The molecule has 3 aliphatic rings.